The summed E-state index contributed by atoms with van der Waals surface area (Å²) in [6, 6.07) is 53.7. The highest BCUT2D eigenvalue weighted by atomic mass is 16.3. The van der Waals surface area contributed by atoms with Crippen molar-refractivity contribution in [2.45, 2.75) is 0 Å². The van der Waals surface area contributed by atoms with Gasteiger partial charge in [-0.2, -0.15) is 0 Å². The quantitative estimate of drug-likeness (QED) is 0.141. The molecule has 0 aliphatic rings. The Bertz CT molecular complexity index is 2990. The van der Waals surface area contributed by atoms with Gasteiger partial charge in [-0.15, -0.1) is 0 Å². The van der Waals surface area contributed by atoms with E-state index in [4.69, 9.17) is 9.97 Å². The van der Waals surface area contributed by atoms with Crippen LogP contribution in [0.4, 0.5) is 0 Å². The van der Waals surface area contributed by atoms with Gasteiger partial charge in [0.05, 0.1) is 22.8 Å². The van der Waals surface area contributed by atoms with Gasteiger partial charge in [0.25, 0.3) is 0 Å². The van der Waals surface area contributed by atoms with Crippen LogP contribution in [0.15, 0.2) is 170 Å². The van der Waals surface area contributed by atoms with Crippen molar-refractivity contribution < 1.29 is 20.4 Å². The number of fused-ring (bicyclic) bond motifs is 4. The second kappa shape index (κ2) is 13.0. The van der Waals surface area contributed by atoms with Gasteiger partial charge in [0.1, 0.15) is 23.0 Å². The highest BCUT2D eigenvalue weighted by molar-refractivity contribution is 6.11. The zero-order valence-electron chi connectivity index (χ0n) is 29.8. The van der Waals surface area contributed by atoms with Gasteiger partial charge in [-0.25, -0.2) is 9.97 Å². The lowest BCUT2D eigenvalue weighted by Crippen LogP contribution is -1.93. The zero-order chi connectivity index (χ0) is 37.9. The van der Waals surface area contributed by atoms with Crippen molar-refractivity contribution in [1.82, 2.24) is 9.97 Å². The average Bonchev–Trinajstić information content (AvgIpc) is 3.24. The molecule has 0 radical (unpaired) electrons. The third-order valence-corrected chi connectivity index (χ3v) is 10.7. The summed E-state index contributed by atoms with van der Waals surface area (Å²) in [6.07, 6.45) is 0. The first-order valence-corrected chi connectivity index (χ1v) is 18.3. The first-order valence-electron chi connectivity index (χ1n) is 18.3. The predicted molar refractivity (Wildman–Crippen MR) is 226 cm³/mol. The summed E-state index contributed by atoms with van der Waals surface area (Å²) in [4.78, 5) is 10.1. The van der Waals surface area contributed by atoms with E-state index in [1.54, 1.807) is 24.3 Å². The highest BCUT2D eigenvalue weighted by Crippen LogP contribution is 2.47. The molecule has 0 saturated carbocycles. The molecule has 2 heterocycles. The molecule has 0 fully saturated rings. The molecule has 0 aliphatic carbocycles. The Morgan fingerprint density at radius 3 is 1.02 bits per heavy atom. The van der Waals surface area contributed by atoms with Crippen molar-refractivity contribution in [2.24, 2.45) is 0 Å². The number of benzene rings is 8. The van der Waals surface area contributed by atoms with Gasteiger partial charge in [-0.1, -0.05) is 109 Å². The molecule has 0 unspecified atom stereocenters. The Balaban J connectivity index is 1.01. The maximum absolute atomic E-state index is 11.1. The van der Waals surface area contributed by atoms with Crippen molar-refractivity contribution in [3.05, 3.63) is 170 Å². The molecule has 6 heteroatoms. The maximum atomic E-state index is 11.1. The number of phenols is 4. The van der Waals surface area contributed by atoms with Gasteiger partial charge in [0, 0.05) is 33.4 Å². The lowest BCUT2D eigenvalue weighted by atomic mass is 9.91. The fourth-order valence-electron chi connectivity index (χ4n) is 8.00. The monoisotopic (exact) mass is 724 g/mol. The number of nitrogens with zero attached hydrogens (tertiary/aromatic N) is 2. The van der Waals surface area contributed by atoms with Crippen LogP contribution >= 0.6 is 0 Å². The molecule has 0 amide bonds. The van der Waals surface area contributed by atoms with Crippen LogP contribution in [0, 0.1) is 0 Å². The molecule has 0 bridgehead atoms. The summed E-state index contributed by atoms with van der Waals surface area (Å²) in [7, 11) is 0. The predicted octanol–water partition coefficient (Wildman–Crippen LogP) is 12.2. The van der Waals surface area contributed by atoms with Crippen molar-refractivity contribution in [3.8, 4) is 79.2 Å². The Morgan fingerprint density at radius 2 is 0.607 bits per heavy atom. The van der Waals surface area contributed by atoms with Crippen LogP contribution in [-0.2, 0) is 0 Å². The van der Waals surface area contributed by atoms with E-state index in [9.17, 15) is 20.4 Å². The molecule has 0 atom stereocenters. The Labute approximate surface area is 321 Å². The minimum atomic E-state index is 0.0945. The summed E-state index contributed by atoms with van der Waals surface area (Å²) in [5.74, 6) is 0.399. The fraction of sp³-hybridized carbons (Fsp3) is 0. The van der Waals surface area contributed by atoms with E-state index < -0.39 is 0 Å². The van der Waals surface area contributed by atoms with Gasteiger partial charge < -0.3 is 20.4 Å². The number of aromatic nitrogens is 2. The fourth-order valence-corrected chi connectivity index (χ4v) is 8.00. The highest BCUT2D eigenvalue weighted by Gasteiger charge is 2.19. The summed E-state index contributed by atoms with van der Waals surface area (Å²) < 4.78 is 0. The zero-order valence-corrected chi connectivity index (χ0v) is 29.8. The number of phenolic OH excluding ortho intramolecular Hbond substituents is 4. The minimum Gasteiger partial charge on any atom is -0.507 e. The second-order valence-electron chi connectivity index (χ2n) is 14.0. The van der Waals surface area contributed by atoms with Crippen LogP contribution in [0.2, 0.25) is 0 Å². The van der Waals surface area contributed by atoms with Crippen LogP contribution in [0.25, 0.3) is 99.2 Å². The third-order valence-electron chi connectivity index (χ3n) is 10.7. The molecule has 4 N–H and O–H groups in total. The standard InChI is InChI=1S/C50H32N2O4/c53-43-23-17-29-7-1-3-9-35(29)47(43)49-37-21-15-33(27-31(37)19-25-45(49)55)39-11-5-13-41(51-39)42-14-6-12-40(52-42)34-16-22-38-32(28-34)20-26-46(56)50(38)48-36-10-4-2-8-30(36)18-24-44(48)54/h1-28,53-56H. The largest absolute Gasteiger partial charge is 0.507 e. The summed E-state index contributed by atoms with van der Waals surface area (Å²) in [5.41, 5.74) is 7.15. The molecule has 0 spiro atoms. The van der Waals surface area contributed by atoms with Gasteiger partial charge >= 0.3 is 0 Å². The van der Waals surface area contributed by atoms with E-state index in [1.807, 2.05) is 133 Å². The smallest absolute Gasteiger partial charge is 0.124 e. The van der Waals surface area contributed by atoms with E-state index in [0.717, 1.165) is 77.0 Å². The molecular weight excluding hydrogens is 693 g/mol. The van der Waals surface area contributed by atoms with Crippen molar-refractivity contribution in [2.75, 3.05) is 0 Å². The number of aromatic hydroxyl groups is 4. The minimum absolute atomic E-state index is 0.0945. The molecule has 56 heavy (non-hydrogen) atoms. The van der Waals surface area contributed by atoms with E-state index >= 15 is 0 Å². The molecule has 10 rings (SSSR count). The van der Waals surface area contributed by atoms with Gasteiger partial charge in [-0.3, -0.25) is 0 Å². The summed E-state index contributed by atoms with van der Waals surface area (Å²) >= 11 is 0. The normalized spacial score (nSPS) is 11.5. The Hall–Kier alpha value is -7.70. The lowest BCUT2D eigenvalue weighted by Gasteiger charge is -2.15. The number of rotatable bonds is 5. The van der Waals surface area contributed by atoms with Gasteiger partial charge in [-0.05, 0) is 104 Å². The van der Waals surface area contributed by atoms with Gasteiger partial charge in [0.2, 0.25) is 0 Å². The van der Waals surface area contributed by atoms with Crippen molar-refractivity contribution in [1.29, 1.82) is 0 Å². The topological polar surface area (TPSA) is 107 Å². The number of hydrogen-bond acceptors (Lipinski definition) is 6. The SMILES string of the molecule is Oc1ccc2ccccc2c1-c1c(O)ccc2cc(-c3cccc(-c4cccc(-c5ccc6c(-c7c(O)ccc8ccccc78)c(O)ccc6c5)n4)n3)ccc12. The molecular formula is C50H32N2O4. The lowest BCUT2D eigenvalue weighted by molar-refractivity contribution is 0.470. The van der Waals surface area contributed by atoms with Crippen molar-refractivity contribution in [3.63, 3.8) is 0 Å². The molecule has 0 saturated heterocycles. The molecule has 8 aromatic carbocycles. The number of hydrogen-bond donors (Lipinski definition) is 4. The molecule has 10 aromatic rings. The number of pyridine rings is 2. The molecule has 2 aromatic heterocycles. The van der Waals surface area contributed by atoms with Crippen LogP contribution in [0.1, 0.15) is 0 Å². The van der Waals surface area contributed by atoms with E-state index in [2.05, 4.69) is 12.1 Å². The van der Waals surface area contributed by atoms with Gasteiger partial charge in [0.15, 0.2) is 0 Å². The van der Waals surface area contributed by atoms with Crippen molar-refractivity contribution >= 4 is 43.1 Å². The first kappa shape index (κ1) is 32.9. The molecule has 266 valence electrons. The summed E-state index contributed by atoms with van der Waals surface area (Å²) in [5, 5.41) is 51.4. The third kappa shape index (κ3) is 5.43. The van der Waals surface area contributed by atoms with Crippen LogP contribution in [0.5, 0.6) is 23.0 Å². The van der Waals surface area contributed by atoms with Crippen LogP contribution in [-0.4, -0.2) is 30.4 Å². The molecule has 0 aliphatic heterocycles. The van der Waals surface area contributed by atoms with Crippen LogP contribution in [0.3, 0.4) is 0 Å². The Kier molecular flexibility index (Phi) is 7.64. The molecule has 6 nitrogen and oxygen atoms in total. The van der Waals surface area contributed by atoms with E-state index in [-0.39, 0.29) is 23.0 Å². The van der Waals surface area contributed by atoms with E-state index in [1.165, 1.54) is 0 Å². The summed E-state index contributed by atoms with van der Waals surface area (Å²) in [6.45, 7) is 0. The maximum Gasteiger partial charge on any atom is 0.124 e. The average molecular weight is 725 g/mol. The second-order valence-corrected chi connectivity index (χ2v) is 14.0. The van der Waals surface area contributed by atoms with E-state index in [0.29, 0.717) is 22.3 Å². The van der Waals surface area contributed by atoms with Crippen LogP contribution < -0.4 is 0 Å². The Morgan fingerprint density at radius 1 is 0.268 bits per heavy atom. The first-order chi connectivity index (χ1) is 27.4.